The van der Waals surface area contributed by atoms with Gasteiger partial charge in [0.05, 0.1) is 11.3 Å². The van der Waals surface area contributed by atoms with Crippen LogP contribution >= 0.6 is 0 Å². The smallest absolute Gasteiger partial charge is 0.263 e. The molecule has 0 saturated heterocycles. The molecule has 0 unspecified atom stereocenters. The molecule has 2 aromatic rings. The number of fused-ring (bicyclic) bond motifs is 1. The van der Waals surface area contributed by atoms with Gasteiger partial charge < -0.3 is 0 Å². The van der Waals surface area contributed by atoms with Crippen molar-refractivity contribution in [2.24, 2.45) is 0 Å². The summed E-state index contributed by atoms with van der Waals surface area (Å²) in [5.41, 5.74) is 7.52. The van der Waals surface area contributed by atoms with Crippen LogP contribution in [0, 0.1) is 0 Å². The van der Waals surface area contributed by atoms with E-state index in [-0.39, 0.29) is 11.7 Å². The van der Waals surface area contributed by atoms with E-state index in [4.69, 9.17) is 0 Å². The molecule has 5 rings (SSSR count). The van der Waals surface area contributed by atoms with E-state index >= 15 is 0 Å². The van der Waals surface area contributed by atoms with Gasteiger partial charge in [-0.05, 0) is 52.5 Å². The monoisotopic (exact) mass is 403 g/mol. The Labute approximate surface area is 181 Å². The van der Waals surface area contributed by atoms with Crippen molar-refractivity contribution < 1.29 is 9.59 Å². The van der Waals surface area contributed by atoms with Crippen LogP contribution < -0.4 is 0 Å². The number of rotatable bonds is 3. The fraction of sp³-hybridized carbons (Fsp3) is 0.0714. The second-order valence-electron chi connectivity index (χ2n) is 7.63. The van der Waals surface area contributed by atoms with E-state index in [9.17, 15) is 9.59 Å². The van der Waals surface area contributed by atoms with E-state index in [1.54, 1.807) is 17.1 Å². The van der Waals surface area contributed by atoms with Gasteiger partial charge >= 0.3 is 0 Å². The summed E-state index contributed by atoms with van der Waals surface area (Å²) in [6, 6.07) is 19.9. The van der Waals surface area contributed by atoms with Crippen molar-refractivity contribution in [3.8, 4) is 0 Å². The number of hydrogen-bond donors (Lipinski definition) is 0. The predicted octanol–water partition coefficient (Wildman–Crippen LogP) is 5.62. The third kappa shape index (κ3) is 3.24. The van der Waals surface area contributed by atoms with Crippen molar-refractivity contribution >= 4 is 22.8 Å². The molecule has 31 heavy (non-hydrogen) atoms. The Balaban J connectivity index is 1.77. The zero-order valence-corrected chi connectivity index (χ0v) is 17.2. The number of ketones is 1. The molecular formula is C28H21NO2. The molecule has 2 heterocycles. The molecule has 0 atom stereocenters. The van der Waals surface area contributed by atoms with Gasteiger partial charge in [-0.2, -0.15) is 0 Å². The highest BCUT2D eigenvalue weighted by molar-refractivity contribution is 6.34. The Morgan fingerprint density at radius 3 is 1.90 bits per heavy atom. The molecule has 150 valence electrons. The minimum Gasteiger partial charge on any atom is -0.290 e. The number of hydrogen-bond acceptors (Lipinski definition) is 2. The van der Waals surface area contributed by atoms with Gasteiger partial charge in [-0.1, -0.05) is 79.7 Å². The van der Waals surface area contributed by atoms with Crippen molar-refractivity contribution in [3.05, 3.63) is 131 Å². The third-order valence-corrected chi connectivity index (χ3v) is 5.78. The summed E-state index contributed by atoms with van der Waals surface area (Å²) in [7, 11) is 0. The molecule has 2 aliphatic heterocycles. The highest BCUT2D eigenvalue weighted by Gasteiger charge is 2.37. The fourth-order valence-electron chi connectivity index (χ4n) is 4.26. The van der Waals surface area contributed by atoms with Crippen LogP contribution in [0.4, 0.5) is 0 Å². The molecule has 1 aliphatic carbocycles. The first kappa shape index (κ1) is 19.0. The van der Waals surface area contributed by atoms with Gasteiger partial charge in [0.1, 0.15) is 0 Å². The first-order valence-corrected chi connectivity index (χ1v) is 10.4. The minimum atomic E-state index is -0.0174. The summed E-state index contributed by atoms with van der Waals surface area (Å²) >= 11 is 0. The second-order valence-corrected chi connectivity index (χ2v) is 7.63. The molecule has 0 fully saturated rings. The van der Waals surface area contributed by atoms with Crippen LogP contribution in [-0.2, 0) is 9.59 Å². The van der Waals surface area contributed by atoms with Gasteiger partial charge in [0, 0.05) is 11.8 Å². The van der Waals surface area contributed by atoms with Crippen molar-refractivity contribution in [2.75, 3.05) is 0 Å². The average Bonchev–Trinajstić information content (AvgIpc) is 3.11. The third-order valence-electron chi connectivity index (χ3n) is 5.78. The number of allylic oxidation sites excluding steroid dienone is 9. The summed E-state index contributed by atoms with van der Waals surface area (Å²) in [6.45, 7) is 2.08. The Morgan fingerprint density at radius 1 is 0.742 bits per heavy atom. The topological polar surface area (TPSA) is 37.4 Å². The summed E-state index contributed by atoms with van der Waals surface area (Å²) in [4.78, 5) is 27.0. The quantitative estimate of drug-likeness (QED) is 0.667. The zero-order chi connectivity index (χ0) is 21.4. The van der Waals surface area contributed by atoms with E-state index < -0.39 is 0 Å². The molecule has 3 aliphatic rings. The predicted molar refractivity (Wildman–Crippen MR) is 123 cm³/mol. The van der Waals surface area contributed by atoms with Gasteiger partial charge in [0.15, 0.2) is 5.78 Å². The first-order valence-electron chi connectivity index (χ1n) is 10.4. The lowest BCUT2D eigenvalue weighted by Gasteiger charge is -2.25. The molecule has 0 saturated carbocycles. The molecule has 0 radical (unpaired) electrons. The van der Waals surface area contributed by atoms with Gasteiger partial charge in [-0.25, -0.2) is 0 Å². The van der Waals surface area contributed by atoms with E-state index in [1.807, 2.05) is 79.0 Å². The molecule has 1 amide bonds. The average molecular weight is 403 g/mol. The minimum absolute atomic E-state index is 0.0104. The highest BCUT2D eigenvalue weighted by atomic mass is 16.2. The number of carbonyl (C=O) groups is 2. The van der Waals surface area contributed by atoms with Crippen LogP contribution in [0.1, 0.15) is 24.5 Å². The largest absolute Gasteiger partial charge is 0.290 e. The van der Waals surface area contributed by atoms with E-state index in [0.29, 0.717) is 5.57 Å². The highest BCUT2D eigenvalue weighted by Crippen LogP contribution is 2.45. The molecule has 3 heteroatoms. The van der Waals surface area contributed by atoms with Crippen molar-refractivity contribution in [1.29, 1.82) is 0 Å². The van der Waals surface area contributed by atoms with Crippen molar-refractivity contribution in [3.63, 3.8) is 0 Å². The van der Waals surface area contributed by atoms with Crippen LogP contribution in [0.25, 0.3) is 11.1 Å². The first-order chi connectivity index (χ1) is 15.2. The maximum Gasteiger partial charge on any atom is 0.263 e. The van der Waals surface area contributed by atoms with Crippen LogP contribution in [0.15, 0.2) is 120 Å². The standard InChI is InChI=1S/C28H21NO2/c1-2-19-18-29-25(17-24(19)20-13-15-23(30)16-14-20)26(21-9-5-3-6-10-21)27(28(29)31)22-11-7-4-8-12-22/h3-18H,2H2,1H3. The second kappa shape index (κ2) is 7.69. The van der Waals surface area contributed by atoms with Crippen LogP contribution in [0.3, 0.4) is 0 Å². The Kier molecular flexibility index (Phi) is 4.72. The molecule has 0 aromatic heterocycles. The lowest BCUT2D eigenvalue weighted by Crippen LogP contribution is -2.23. The van der Waals surface area contributed by atoms with Gasteiger partial charge in [-0.3, -0.25) is 14.5 Å². The van der Waals surface area contributed by atoms with Gasteiger partial charge in [-0.15, -0.1) is 0 Å². The lowest BCUT2D eigenvalue weighted by atomic mass is 9.90. The van der Waals surface area contributed by atoms with Crippen LogP contribution in [0.5, 0.6) is 0 Å². The van der Waals surface area contributed by atoms with E-state index in [0.717, 1.165) is 45.5 Å². The molecule has 0 bridgehead atoms. The maximum absolute atomic E-state index is 13.6. The fourth-order valence-corrected chi connectivity index (χ4v) is 4.26. The Morgan fingerprint density at radius 2 is 1.32 bits per heavy atom. The molecule has 0 N–H and O–H groups in total. The number of nitrogens with zero attached hydrogens (tertiary/aromatic N) is 1. The zero-order valence-electron chi connectivity index (χ0n) is 17.2. The van der Waals surface area contributed by atoms with Crippen molar-refractivity contribution in [2.45, 2.75) is 13.3 Å². The van der Waals surface area contributed by atoms with Gasteiger partial charge in [0.25, 0.3) is 5.91 Å². The normalized spacial score (nSPS) is 17.9. The Bertz CT molecular complexity index is 1250. The Hall–Kier alpha value is -3.98. The SMILES string of the molecule is CCC1=CN2C(=O)C(c3ccccc3)=C(c3ccccc3)C2=CC1=C1C=CC(=O)C=C1. The number of benzene rings is 2. The summed E-state index contributed by atoms with van der Waals surface area (Å²) in [5, 5.41) is 0. The molecular weight excluding hydrogens is 382 g/mol. The molecule has 3 nitrogen and oxygen atoms in total. The number of amides is 1. The van der Waals surface area contributed by atoms with Gasteiger partial charge in [0.2, 0.25) is 0 Å². The van der Waals surface area contributed by atoms with Crippen LogP contribution in [-0.4, -0.2) is 16.6 Å². The maximum atomic E-state index is 13.6. The van der Waals surface area contributed by atoms with Crippen molar-refractivity contribution in [1.82, 2.24) is 4.90 Å². The van der Waals surface area contributed by atoms with E-state index in [2.05, 4.69) is 13.0 Å². The molecule has 0 spiro atoms. The summed E-state index contributed by atoms with van der Waals surface area (Å²) in [6.07, 6.45) is 11.7. The summed E-state index contributed by atoms with van der Waals surface area (Å²) < 4.78 is 0. The lowest BCUT2D eigenvalue weighted by molar-refractivity contribution is -0.120. The summed E-state index contributed by atoms with van der Waals surface area (Å²) in [5.74, 6) is -0.0278. The number of carbonyl (C=O) groups excluding carboxylic acids is 2. The van der Waals surface area contributed by atoms with Crippen LogP contribution in [0.2, 0.25) is 0 Å². The molecule has 2 aromatic carbocycles. The van der Waals surface area contributed by atoms with E-state index in [1.165, 1.54) is 0 Å².